The van der Waals surface area contributed by atoms with Gasteiger partial charge in [-0.2, -0.15) is 0 Å². The number of halogens is 1. The van der Waals surface area contributed by atoms with Crippen LogP contribution < -0.4 is 9.47 Å². The van der Waals surface area contributed by atoms with Crippen molar-refractivity contribution in [3.05, 3.63) is 23.8 Å². The SMILES string of the molecule is CC1(C)Cc2cccc(OCCS(=O)(=O)Cl)c2O1. The normalized spacial score (nSPS) is 17.1. The van der Waals surface area contributed by atoms with Crippen molar-refractivity contribution in [3.63, 3.8) is 0 Å². The lowest BCUT2D eigenvalue weighted by Crippen LogP contribution is -2.24. The maximum Gasteiger partial charge on any atom is 0.235 e. The molecule has 1 aromatic rings. The van der Waals surface area contributed by atoms with Crippen molar-refractivity contribution in [1.82, 2.24) is 0 Å². The molecule has 0 fully saturated rings. The molecule has 4 nitrogen and oxygen atoms in total. The maximum absolute atomic E-state index is 10.8. The van der Waals surface area contributed by atoms with Gasteiger partial charge in [-0.1, -0.05) is 12.1 Å². The van der Waals surface area contributed by atoms with Crippen molar-refractivity contribution in [2.45, 2.75) is 25.9 Å². The minimum atomic E-state index is -3.52. The molecule has 0 saturated carbocycles. The third kappa shape index (κ3) is 3.29. The zero-order valence-corrected chi connectivity index (χ0v) is 11.8. The third-order valence-corrected chi connectivity index (χ3v) is 3.76. The predicted octanol–water partition coefficient (Wildman–Crippen LogP) is 2.35. The summed E-state index contributed by atoms with van der Waals surface area (Å²) in [5.74, 6) is 1.05. The molecule has 18 heavy (non-hydrogen) atoms. The second-order valence-electron chi connectivity index (χ2n) is 4.87. The highest BCUT2D eigenvalue weighted by Crippen LogP contribution is 2.41. The van der Waals surface area contributed by atoms with Crippen LogP contribution in [0.3, 0.4) is 0 Å². The molecule has 0 amide bonds. The predicted molar refractivity (Wildman–Crippen MR) is 70.0 cm³/mol. The number of benzene rings is 1. The van der Waals surface area contributed by atoms with Gasteiger partial charge in [0.1, 0.15) is 12.2 Å². The highest BCUT2D eigenvalue weighted by atomic mass is 35.7. The molecule has 6 heteroatoms. The molecular formula is C12H15ClO4S. The molecule has 100 valence electrons. The van der Waals surface area contributed by atoms with Gasteiger partial charge in [-0.15, -0.1) is 0 Å². The lowest BCUT2D eigenvalue weighted by Gasteiger charge is -2.18. The van der Waals surface area contributed by atoms with Crippen LogP contribution in [-0.2, 0) is 15.5 Å². The lowest BCUT2D eigenvalue weighted by atomic mass is 10.0. The summed E-state index contributed by atoms with van der Waals surface area (Å²) in [4.78, 5) is 0. The summed E-state index contributed by atoms with van der Waals surface area (Å²) in [5, 5.41) is 0. The van der Waals surface area contributed by atoms with E-state index in [0.29, 0.717) is 11.5 Å². The summed E-state index contributed by atoms with van der Waals surface area (Å²) < 4.78 is 32.9. The van der Waals surface area contributed by atoms with Gasteiger partial charge in [-0.05, 0) is 19.9 Å². The Morgan fingerprint density at radius 1 is 1.44 bits per heavy atom. The number of rotatable bonds is 4. The second-order valence-corrected chi connectivity index (χ2v) is 7.77. The summed E-state index contributed by atoms with van der Waals surface area (Å²) in [7, 11) is 1.60. The van der Waals surface area contributed by atoms with E-state index in [9.17, 15) is 8.42 Å². The van der Waals surface area contributed by atoms with Crippen LogP contribution in [0.2, 0.25) is 0 Å². The molecule has 0 bridgehead atoms. The van der Waals surface area contributed by atoms with E-state index in [1.54, 1.807) is 6.07 Å². The average molecular weight is 291 g/mol. The lowest BCUT2D eigenvalue weighted by molar-refractivity contribution is 0.132. The molecule has 0 radical (unpaired) electrons. The number of hydrogen-bond donors (Lipinski definition) is 0. The van der Waals surface area contributed by atoms with Gasteiger partial charge in [0.25, 0.3) is 0 Å². The van der Waals surface area contributed by atoms with E-state index in [1.807, 2.05) is 26.0 Å². The van der Waals surface area contributed by atoms with E-state index in [0.717, 1.165) is 12.0 Å². The zero-order chi connectivity index (χ0) is 13.4. The van der Waals surface area contributed by atoms with Crippen molar-refractivity contribution in [3.8, 4) is 11.5 Å². The number of hydrogen-bond acceptors (Lipinski definition) is 4. The quantitative estimate of drug-likeness (QED) is 0.799. The second kappa shape index (κ2) is 4.63. The Morgan fingerprint density at radius 2 is 2.17 bits per heavy atom. The van der Waals surface area contributed by atoms with Crippen LogP contribution in [0.25, 0.3) is 0 Å². The van der Waals surface area contributed by atoms with Crippen molar-refractivity contribution in [2.24, 2.45) is 0 Å². The molecule has 0 N–H and O–H groups in total. The van der Waals surface area contributed by atoms with Crippen LogP contribution in [0.1, 0.15) is 19.4 Å². The van der Waals surface area contributed by atoms with Gasteiger partial charge in [0, 0.05) is 22.7 Å². The van der Waals surface area contributed by atoms with E-state index in [-0.39, 0.29) is 18.0 Å². The summed E-state index contributed by atoms with van der Waals surface area (Å²) in [6.07, 6.45) is 0.813. The van der Waals surface area contributed by atoms with Crippen molar-refractivity contribution >= 4 is 19.7 Å². The van der Waals surface area contributed by atoms with Crippen LogP contribution in [0, 0.1) is 0 Å². The molecule has 0 saturated heterocycles. The fourth-order valence-corrected chi connectivity index (χ4v) is 2.42. The molecule has 1 aliphatic heterocycles. The van der Waals surface area contributed by atoms with Gasteiger partial charge in [0.05, 0.1) is 5.75 Å². The van der Waals surface area contributed by atoms with Gasteiger partial charge in [-0.3, -0.25) is 0 Å². The highest BCUT2D eigenvalue weighted by Gasteiger charge is 2.32. The highest BCUT2D eigenvalue weighted by molar-refractivity contribution is 8.13. The Morgan fingerprint density at radius 3 is 2.83 bits per heavy atom. The summed E-state index contributed by atoms with van der Waals surface area (Å²) >= 11 is 0. The molecule has 0 aromatic heterocycles. The first kappa shape index (κ1) is 13.5. The Labute approximate surface area is 111 Å². The largest absolute Gasteiger partial charge is 0.489 e. The summed E-state index contributed by atoms with van der Waals surface area (Å²) in [6, 6.07) is 5.62. The Balaban J connectivity index is 2.10. The number of para-hydroxylation sites is 1. The van der Waals surface area contributed by atoms with E-state index in [2.05, 4.69) is 0 Å². The minimum Gasteiger partial charge on any atom is -0.489 e. The topological polar surface area (TPSA) is 52.6 Å². The number of fused-ring (bicyclic) bond motifs is 1. The molecule has 0 atom stereocenters. The zero-order valence-electron chi connectivity index (χ0n) is 10.3. The molecule has 1 aromatic carbocycles. The van der Waals surface area contributed by atoms with E-state index < -0.39 is 9.05 Å². The van der Waals surface area contributed by atoms with Crippen molar-refractivity contribution < 1.29 is 17.9 Å². The first-order valence-electron chi connectivity index (χ1n) is 5.63. The van der Waals surface area contributed by atoms with Crippen LogP contribution >= 0.6 is 10.7 Å². The fraction of sp³-hybridized carbons (Fsp3) is 0.500. The fourth-order valence-electron chi connectivity index (χ4n) is 1.95. The van der Waals surface area contributed by atoms with E-state index in [4.69, 9.17) is 20.2 Å². The van der Waals surface area contributed by atoms with Crippen LogP contribution in [0.4, 0.5) is 0 Å². The van der Waals surface area contributed by atoms with Gasteiger partial charge < -0.3 is 9.47 Å². The van der Waals surface area contributed by atoms with Crippen molar-refractivity contribution in [2.75, 3.05) is 12.4 Å². The van der Waals surface area contributed by atoms with Gasteiger partial charge in [-0.25, -0.2) is 8.42 Å². The molecule has 0 aliphatic carbocycles. The maximum atomic E-state index is 10.8. The molecule has 2 rings (SSSR count). The molecule has 0 spiro atoms. The molecular weight excluding hydrogens is 276 g/mol. The monoisotopic (exact) mass is 290 g/mol. The average Bonchev–Trinajstić information content (AvgIpc) is 2.51. The Hall–Kier alpha value is -0.940. The first-order valence-corrected chi connectivity index (χ1v) is 8.11. The standard InChI is InChI=1S/C12H15ClO4S/c1-12(2)8-9-4-3-5-10(11(9)17-12)16-6-7-18(13,14)15/h3-5H,6-8H2,1-2H3. The van der Waals surface area contributed by atoms with Gasteiger partial charge >= 0.3 is 0 Å². The molecule has 0 unspecified atom stereocenters. The van der Waals surface area contributed by atoms with Crippen LogP contribution in [-0.4, -0.2) is 26.4 Å². The van der Waals surface area contributed by atoms with Crippen LogP contribution in [0.15, 0.2) is 18.2 Å². The first-order chi connectivity index (χ1) is 8.27. The summed E-state index contributed by atoms with van der Waals surface area (Å²) in [6.45, 7) is 4.02. The minimum absolute atomic E-state index is 0.0199. The van der Waals surface area contributed by atoms with Crippen molar-refractivity contribution in [1.29, 1.82) is 0 Å². The van der Waals surface area contributed by atoms with Gasteiger partial charge in [0.15, 0.2) is 11.5 Å². The Bertz CT molecular complexity index is 551. The van der Waals surface area contributed by atoms with Crippen LogP contribution in [0.5, 0.6) is 11.5 Å². The van der Waals surface area contributed by atoms with E-state index in [1.165, 1.54) is 0 Å². The number of ether oxygens (including phenoxy) is 2. The smallest absolute Gasteiger partial charge is 0.235 e. The van der Waals surface area contributed by atoms with E-state index >= 15 is 0 Å². The molecule has 1 aliphatic rings. The third-order valence-electron chi connectivity index (χ3n) is 2.64. The molecule has 1 heterocycles. The summed E-state index contributed by atoms with van der Waals surface area (Å²) in [5.41, 5.74) is 0.826. The van der Waals surface area contributed by atoms with Gasteiger partial charge in [0.2, 0.25) is 9.05 Å². The Kier molecular flexibility index (Phi) is 3.47.